The molecule has 2 rings (SSSR count). The molecule has 0 bridgehead atoms. The minimum absolute atomic E-state index is 0.105. The topological polar surface area (TPSA) is 78.5 Å². The van der Waals surface area contributed by atoms with Gasteiger partial charge in [-0.3, -0.25) is 14.4 Å². The molecule has 1 heterocycles. The summed E-state index contributed by atoms with van der Waals surface area (Å²) < 4.78 is 0. The van der Waals surface area contributed by atoms with Crippen LogP contribution in [-0.4, -0.2) is 41.8 Å². The molecule has 1 atom stereocenters. The predicted octanol–water partition coefficient (Wildman–Crippen LogP) is 0.996. The molecule has 1 saturated heterocycles. The molecule has 3 amide bonds. The molecular formula is C15H19N3O3. The number of nitrogens with zero attached hydrogens (tertiary/aromatic N) is 1. The molecule has 1 aromatic carbocycles. The number of benzene rings is 1. The third-order valence-corrected chi connectivity index (χ3v) is 3.43. The SMILES string of the molecule is CCC1C(=O)NCCN1C(=O)c1ccc(NC(C)=O)cc1. The molecule has 1 aliphatic rings. The van der Waals surface area contributed by atoms with E-state index in [9.17, 15) is 14.4 Å². The van der Waals surface area contributed by atoms with Gasteiger partial charge in [0.25, 0.3) is 5.91 Å². The van der Waals surface area contributed by atoms with Crippen LogP contribution in [-0.2, 0) is 9.59 Å². The number of hydrogen-bond acceptors (Lipinski definition) is 3. The average molecular weight is 289 g/mol. The van der Waals surface area contributed by atoms with Gasteiger partial charge in [0.2, 0.25) is 11.8 Å². The van der Waals surface area contributed by atoms with Crippen LogP contribution in [0, 0.1) is 0 Å². The smallest absolute Gasteiger partial charge is 0.254 e. The number of carbonyl (C=O) groups is 3. The van der Waals surface area contributed by atoms with Gasteiger partial charge >= 0.3 is 0 Å². The Morgan fingerprint density at radius 3 is 2.57 bits per heavy atom. The van der Waals surface area contributed by atoms with Crippen LogP contribution in [0.3, 0.4) is 0 Å². The highest BCUT2D eigenvalue weighted by Gasteiger charge is 2.31. The maximum absolute atomic E-state index is 12.5. The second kappa shape index (κ2) is 6.39. The maximum atomic E-state index is 12.5. The van der Waals surface area contributed by atoms with E-state index in [1.54, 1.807) is 29.2 Å². The Hall–Kier alpha value is -2.37. The minimum atomic E-state index is -0.415. The second-order valence-corrected chi connectivity index (χ2v) is 4.97. The van der Waals surface area contributed by atoms with Gasteiger partial charge in [0, 0.05) is 31.3 Å². The largest absolute Gasteiger partial charge is 0.353 e. The van der Waals surface area contributed by atoms with Crippen molar-refractivity contribution in [3.63, 3.8) is 0 Å². The number of rotatable bonds is 3. The summed E-state index contributed by atoms with van der Waals surface area (Å²) in [7, 11) is 0. The first-order valence-corrected chi connectivity index (χ1v) is 6.99. The molecule has 1 aliphatic heterocycles. The molecule has 1 unspecified atom stereocenters. The summed E-state index contributed by atoms with van der Waals surface area (Å²) in [6.45, 7) is 4.30. The second-order valence-electron chi connectivity index (χ2n) is 4.97. The average Bonchev–Trinajstić information content (AvgIpc) is 2.46. The van der Waals surface area contributed by atoms with E-state index in [1.807, 2.05) is 6.92 Å². The fourth-order valence-electron chi connectivity index (χ4n) is 2.43. The Labute approximate surface area is 123 Å². The van der Waals surface area contributed by atoms with Crippen molar-refractivity contribution in [2.75, 3.05) is 18.4 Å². The van der Waals surface area contributed by atoms with E-state index < -0.39 is 6.04 Å². The Morgan fingerprint density at radius 2 is 2.00 bits per heavy atom. The number of carbonyl (C=O) groups excluding carboxylic acids is 3. The van der Waals surface area contributed by atoms with Gasteiger partial charge in [-0.05, 0) is 30.7 Å². The van der Waals surface area contributed by atoms with Crippen molar-refractivity contribution >= 4 is 23.4 Å². The summed E-state index contributed by atoms with van der Waals surface area (Å²) in [5.74, 6) is -0.425. The third-order valence-electron chi connectivity index (χ3n) is 3.43. The molecule has 0 spiro atoms. The van der Waals surface area contributed by atoms with Crippen LogP contribution in [0.4, 0.5) is 5.69 Å². The summed E-state index contributed by atoms with van der Waals surface area (Å²) in [5.41, 5.74) is 1.15. The first-order chi connectivity index (χ1) is 10.0. The highest BCUT2D eigenvalue weighted by atomic mass is 16.2. The first-order valence-electron chi connectivity index (χ1n) is 6.99. The van der Waals surface area contributed by atoms with Crippen molar-refractivity contribution in [2.24, 2.45) is 0 Å². The van der Waals surface area contributed by atoms with E-state index in [4.69, 9.17) is 0 Å². The molecule has 0 aromatic heterocycles. The Bertz CT molecular complexity index is 554. The summed E-state index contributed by atoms with van der Waals surface area (Å²) in [4.78, 5) is 36.9. The molecule has 1 fully saturated rings. The lowest BCUT2D eigenvalue weighted by Crippen LogP contribution is -2.56. The maximum Gasteiger partial charge on any atom is 0.254 e. The van der Waals surface area contributed by atoms with Crippen molar-refractivity contribution < 1.29 is 14.4 Å². The Balaban J connectivity index is 2.15. The zero-order valence-corrected chi connectivity index (χ0v) is 12.2. The van der Waals surface area contributed by atoms with E-state index in [1.165, 1.54) is 6.92 Å². The van der Waals surface area contributed by atoms with E-state index in [0.717, 1.165) is 0 Å². The van der Waals surface area contributed by atoms with Crippen LogP contribution in [0.15, 0.2) is 24.3 Å². The predicted molar refractivity (Wildman–Crippen MR) is 78.9 cm³/mol. The molecule has 6 heteroatoms. The molecule has 21 heavy (non-hydrogen) atoms. The van der Waals surface area contributed by atoms with Crippen LogP contribution in [0.25, 0.3) is 0 Å². The molecule has 0 radical (unpaired) electrons. The summed E-state index contributed by atoms with van der Waals surface area (Å²) >= 11 is 0. The molecule has 6 nitrogen and oxygen atoms in total. The normalized spacial score (nSPS) is 18.1. The van der Waals surface area contributed by atoms with Crippen LogP contribution < -0.4 is 10.6 Å². The van der Waals surface area contributed by atoms with E-state index in [0.29, 0.717) is 30.8 Å². The molecule has 0 aliphatic carbocycles. The fourth-order valence-corrected chi connectivity index (χ4v) is 2.43. The number of piperazine rings is 1. The van der Waals surface area contributed by atoms with Gasteiger partial charge in [0.1, 0.15) is 6.04 Å². The third kappa shape index (κ3) is 3.39. The number of nitrogens with one attached hydrogen (secondary N) is 2. The van der Waals surface area contributed by atoms with Crippen LogP contribution in [0.5, 0.6) is 0 Å². The van der Waals surface area contributed by atoms with Crippen molar-refractivity contribution in [3.05, 3.63) is 29.8 Å². The Kier molecular flexibility index (Phi) is 4.57. The van der Waals surface area contributed by atoms with Gasteiger partial charge in [-0.2, -0.15) is 0 Å². The van der Waals surface area contributed by atoms with Gasteiger partial charge in [0.05, 0.1) is 0 Å². The van der Waals surface area contributed by atoms with Gasteiger partial charge < -0.3 is 15.5 Å². The van der Waals surface area contributed by atoms with Gasteiger partial charge in [-0.15, -0.1) is 0 Å². The van der Waals surface area contributed by atoms with E-state index >= 15 is 0 Å². The Morgan fingerprint density at radius 1 is 1.33 bits per heavy atom. The lowest BCUT2D eigenvalue weighted by atomic mass is 10.1. The monoisotopic (exact) mass is 289 g/mol. The highest BCUT2D eigenvalue weighted by Crippen LogP contribution is 2.16. The zero-order valence-electron chi connectivity index (χ0n) is 12.2. The van der Waals surface area contributed by atoms with Gasteiger partial charge in [-0.1, -0.05) is 6.92 Å². The number of hydrogen-bond donors (Lipinski definition) is 2. The minimum Gasteiger partial charge on any atom is -0.353 e. The van der Waals surface area contributed by atoms with Crippen molar-refractivity contribution in [3.8, 4) is 0 Å². The van der Waals surface area contributed by atoms with Crippen LogP contribution in [0.1, 0.15) is 30.6 Å². The zero-order chi connectivity index (χ0) is 15.4. The quantitative estimate of drug-likeness (QED) is 0.871. The molecule has 2 N–H and O–H groups in total. The fraction of sp³-hybridized carbons (Fsp3) is 0.400. The molecule has 0 saturated carbocycles. The number of anilines is 1. The van der Waals surface area contributed by atoms with Crippen molar-refractivity contribution in [1.82, 2.24) is 10.2 Å². The lowest BCUT2D eigenvalue weighted by Gasteiger charge is -2.34. The van der Waals surface area contributed by atoms with Gasteiger partial charge in [-0.25, -0.2) is 0 Å². The lowest BCUT2D eigenvalue weighted by molar-refractivity contribution is -0.127. The summed E-state index contributed by atoms with van der Waals surface area (Å²) in [6, 6.07) is 6.26. The van der Waals surface area contributed by atoms with Crippen molar-refractivity contribution in [1.29, 1.82) is 0 Å². The number of amides is 3. The van der Waals surface area contributed by atoms with E-state index in [2.05, 4.69) is 10.6 Å². The van der Waals surface area contributed by atoms with Crippen LogP contribution in [0.2, 0.25) is 0 Å². The molecule has 112 valence electrons. The summed E-state index contributed by atoms with van der Waals surface area (Å²) in [6.07, 6.45) is 0.585. The van der Waals surface area contributed by atoms with Crippen molar-refractivity contribution in [2.45, 2.75) is 26.3 Å². The van der Waals surface area contributed by atoms with Gasteiger partial charge in [0.15, 0.2) is 0 Å². The molecule has 1 aromatic rings. The standard InChI is InChI=1S/C15H19N3O3/c1-3-13-14(20)16-8-9-18(13)15(21)11-4-6-12(7-5-11)17-10(2)19/h4-7,13H,3,8-9H2,1-2H3,(H,16,20)(H,17,19). The highest BCUT2D eigenvalue weighted by molar-refractivity contribution is 5.98. The molecular weight excluding hydrogens is 270 g/mol. The summed E-state index contributed by atoms with van der Waals surface area (Å²) in [5, 5.41) is 5.42. The van der Waals surface area contributed by atoms with E-state index in [-0.39, 0.29) is 17.7 Å². The first kappa shape index (κ1) is 15.0. The van der Waals surface area contributed by atoms with Crippen LogP contribution >= 0.6 is 0 Å².